The number of aromatic carboxylic acids is 1. The van der Waals surface area contributed by atoms with Crippen LogP contribution in [-0.4, -0.2) is 47.2 Å². The number of hydrogen-bond acceptors (Lipinski definition) is 5. The lowest BCUT2D eigenvalue weighted by atomic mass is 10.1. The number of pyridine rings is 1. The highest BCUT2D eigenvalue weighted by molar-refractivity contribution is 5.91. The first kappa shape index (κ1) is 13.6. The minimum atomic E-state index is -1.05. The van der Waals surface area contributed by atoms with Crippen LogP contribution in [0, 0.1) is 0 Å². The van der Waals surface area contributed by atoms with Crippen molar-refractivity contribution in [3.8, 4) is 5.75 Å². The highest BCUT2D eigenvalue weighted by Gasteiger charge is 2.14. The van der Waals surface area contributed by atoms with Crippen LogP contribution in [-0.2, 0) is 0 Å². The van der Waals surface area contributed by atoms with E-state index in [1.54, 1.807) is 0 Å². The molecule has 1 fully saturated rings. The summed E-state index contributed by atoms with van der Waals surface area (Å²) in [6, 6.07) is 1.32. The first-order valence-corrected chi connectivity index (χ1v) is 6.51. The molecule has 0 radical (unpaired) electrons. The predicted molar refractivity (Wildman–Crippen MR) is 71.4 cm³/mol. The van der Waals surface area contributed by atoms with E-state index < -0.39 is 5.97 Å². The van der Waals surface area contributed by atoms with Crippen LogP contribution in [0.25, 0.3) is 0 Å². The largest absolute Gasteiger partial charge is 0.490 e. The summed E-state index contributed by atoms with van der Waals surface area (Å²) in [5.41, 5.74) is 5.53. The molecular formula is C13H19N3O3. The van der Waals surface area contributed by atoms with Crippen LogP contribution in [0.5, 0.6) is 5.75 Å². The molecule has 0 amide bonds. The molecule has 0 unspecified atom stereocenters. The number of aromatic nitrogens is 1. The molecule has 0 bridgehead atoms. The highest BCUT2D eigenvalue weighted by Crippen LogP contribution is 2.19. The fraction of sp³-hybridized carbons (Fsp3) is 0.538. The summed E-state index contributed by atoms with van der Waals surface area (Å²) in [5, 5.41) is 9.06. The van der Waals surface area contributed by atoms with E-state index in [-0.39, 0.29) is 17.1 Å². The van der Waals surface area contributed by atoms with Crippen molar-refractivity contribution >= 4 is 11.8 Å². The van der Waals surface area contributed by atoms with E-state index in [0.717, 1.165) is 19.6 Å². The molecule has 0 aromatic carbocycles. The van der Waals surface area contributed by atoms with Crippen LogP contribution in [0.1, 0.15) is 29.6 Å². The normalized spacial score (nSPS) is 16.2. The minimum absolute atomic E-state index is 0.0612. The van der Waals surface area contributed by atoms with Gasteiger partial charge >= 0.3 is 5.97 Å². The van der Waals surface area contributed by atoms with Crippen LogP contribution in [0.2, 0.25) is 0 Å². The SMILES string of the molecule is Nc1cc(C(=O)O)c(OCCN2CCCCC2)cn1. The molecule has 0 saturated carbocycles. The Labute approximate surface area is 112 Å². The molecule has 1 aromatic rings. The van der Waals surface area contributed by atoms with Gasteiger partial charge in [0.1, 0.15) is 18.0 Å². The topological polar surface area (TPSA) is 88.7 Å². The zero-order valence-electron chi connectivity index (χ0n) is 10.8. The smallest absolute Gasteiger partial charge is 0.339 e. The molecule has 1 aromatic heterocycles. The van der Waals surface area contributed by atoms with Crippen molar-refractivity contribution in [3.63, 3.8) is 0 Å². The summed E-state index contributed by atoms with van der Waals surface area (Å²) < 4.78 is 5.52. The van der Waals surface area contributed by atoms with Crippen LogP contribution in [0.3, 0.4) is 0 Å². The van der Waals surface area contributed by atoms with Gasteiger partial charge in [0.25, 0.3) is 0 Å². The third-order valence-corrected chi connectivity index (χ3v) is 3.23. The molecule has 2 rings (SSSR count). The molecule has 0 atom stereocenters. The van der Waals surface area contributed by atoms with Crippen molar-refractivity contribution in [1.29, 1.82) is 0 Å². The Bertz CT molecular complexity index is 445. The standard InChI is InChI=1S/C13H19N3O3/c14-12-8-10(13(17)18)11(9-15-12)19-7-6-16-4-2-1-3-5-16/h8-9H,1-7H2,(H2,14,15)(H,17,18). The number of nitrogens with zero attached hydrogens (tertiary/aromatic N) is 2. The van der Waals surface area contributed by atoms with E-state index in [2.05, 4.69) is 9.88 Å². The average molecular weight is 265 g/mol. The maximum absolute atomic E-state index is 11.1. The second kappa shape index (κ2) is 6.38. The van der Waals surface area contributed by atoms with E-state index in [4.69, 9.17) is 15.6 Å². The molecule has 6 nitrogen and oxygen atoms in total. The molecular weight excluding hydrogens is 246 g/mol. The third kappa shape index (κ3) is 3.82. The summed E-state index contributed by atoms with van der Waals surface area (Å²) in [6.45, 7) is 3.46. The molecule has 1 saturated heterocycles. The monoisotopic (exact) mass is 265 g/mol. The van der Waals surface area contributed by atoms with E-state index in [9.17, 15) is 4.79 Å². The molecule has 1 aliphatic heterocycles. The molecule has 104 valence electrons. The van der Waals surface area contributed by atoms with Crippen molar-refractivity contribution in [2.75, 3.05) is 32.0 Å². The first-order chi connectivity index (χ1) is 9.16. The Kier molecular flexibility index (Phi) is 4.57. The molecule has 2 heterocycles. The van der Waals surface area contributed by atoms with Crippen LogP contribution in [0.15, 0.2) is 12.3 Å². The number of carbonyl (C=O) groups is 1. The summed E-state index contributed by atoms with van der Waals surface area (Å²) >= 11 is 0. The Morgan fingerprint density at radius 1 is 1.42 bits per heavy atom. The van der Waals surface area contributed by atoms with Gasteiger partial charge in [-0.15, -0.1) is 0 Å². The fourth-order valence-corrected chi connectivity index (χ4v) is 2.21. The van der Waals surface area contributed by atoms with Crippen LogP contribution in [0.4, 0.5) is 5.82 Å². The van der Waals surface area contributed by atoms with Gasteiger partial charge in [-0.3, -0.25) is 4.90 Å². The number of carboxylic acids is 1. The van der Waals surface area contributed by atoms with Gasteiger partial charge in [-0.05, 0) is 32.0 Å². The lowest BCUT2D eigenvalue weighted by molar-refractivity contribution is 0.0691. The number of nitrogen functional groups attached to an aromatic ring is 1. The number of nitrogens with two attached hydrogens (primary N) is 1. The number of rotatable bonds is 5. The van der Waals surface area contributed by atoms with Crippen LogP contribution < -0.4 is 10.5 Å². The third-order valence-electron chi connectivity index (χ3n) is 3.23. The number of piperidine rings is 1. The van der Waals surface area contributed by atoms with Crippen molar-refractivity contribution < 1.29 is 14.6 Å². The summed E-state index contributed by atoms with van der Waals surface area (Å²) in [4.78, 5) is 17.3. The Hall–Kier alpha value is -1.82. The maximum Gasteiger partial charge on any atom is 0.339 e. The molecule has 19 heavy (non-hydrogen) atoms. The summed E-state index contributed by atoms with van der Waals surface area (Å²) in [6.07, 6.45) is 5.12. The van der Waals surface area contributed by atoms with Crippen molar-refractivity contribution in [3.05, 3.63) is 17.8 Å². The fourth-order valence-electron chi connectivity index (χ4n) is 2.21. The summed E-state index contributed by atoms with van der Waals surface area (Å²) in [7, 11) is 0. The summed E-state index contributed by atoms with van der Waals surface area (Å²) in [5.74, 6) is -0.596. The number of likely N-dealkylation sites (tertiary alicyclic amines) is 1. The maximum atomic E-state index is 11.1. The Morgan fingerprint density at radius 3 is 2.84 bits per heavy atom. The van der Waals surface area contributed by atoms with E-state index in [1.165, 1.54) is 31.5 Å². The lowest BCUT2D eigenvalue weighted by Crippen LogP contribution is -2.33. The first-order valence-electron chi connectivity index (χ1n) is 6.51. The van der Waals surface area contributed by atoms with E-state index >= 15 is 0 Å². The minimum Gasteiger partial charge on any atom is -0.490 e. The highest BCUT2D eigenvalue weighted by atomic mass is 16.5. The number of anilines is 1. The van der Waals surface area contributed by atoms with Gasteiger partial charge in [0.05, 0.1) is 6.20 Å². The van der Waals surface area contributed by atoms with Gasteiger partial charge in [-0.25, -0.2) is 9.78 Å². The van der Waals surface area contributed by atoms with E-state index in [1.807, 2.05) is 0 Å². The van der Waals surface area contributed by atoms with Gasteiger partial charge in [-0.1, -0.05) is 6.42 Å². The van der Waals surface area contributed by atoms with Crippen molar-refractivity contribution in [2.45, 2.75) is 19.3 Å². The molecule has 1 aliphatic rings. The zero-order valence-corrected chi connectivity index (χ0v) is 10.8. The van der Waals surface area contributed by atoms with Gasteiger partial charge in [0.2, 0.25) is 0 Å². The predicted octanol–water partition coefficient (Wildman–Crippen LogP) is 1.23. The molecule has 0 aliphatic carbocycles. The lowest BCUT2D eigenvalue weighted by Gasteiger charge is -2.26. The quantitative estimate of drug-likeness (QED) is 0.832. The number of hydrogen-bond donors (Lipinski definition) is 2. The van der Waals surface area contributed by atoms with Gasteiger partial charge in [0, 0.05) is 6.54 Å². The van der Waals surface area contributed by atoms with Gasteiger partial charge in [0.15, 0.2) is 5.75 Å². The molecule has 6 heteroatoms. The van der Waals surface area contributed by atoms with Crippen molar-refractivity contribution in [2.24, 2.45) is 0 Å². The van der Waals surface area contributed by atoms with Crippen LogP contribution >= 0.6 is 0 Å². The van der Waals surface area contributed by atoms with Gasteiger partial charge in [-0.2, -0.15) is 0 Å². The molecule has 0 spiro atoms. The Balaban J connectivity index is 1.89. The number of carboxylic acid groups (broad SMARTS) is 1. The second-order valence-corrected chi connectivity index (χ2v) is 4.66. The Morgan fingerprint density at radius 2 is 2.16 bits per heavy atom. The van der Waals surface area contributed by atoms with Gasteiger partial charge < -0.3 is 15.6 Å². The van der Waals surface area contributed by atoms with E-state index in [0.29, 0.717) is 6.61 Å². The second-order valence-electron chi connectivity index (χ2n) is 4.66. The molecule has 3 N–H and O–H groups in total. The van der Waals surface area contributed by atoms with Crippen molar-refractivity contribution in [1.82, 2.24) is 9.88 Å². The zero-order chi connectivity index (χ0) is 13.7. The average Bonchev–Trinajstić information content (AvgIpc) is 2.41. The number of ether oxygens (including phenoxy) is 1.